The van der Waals surface area contributed by atoms with Crippen molar-refractivity contribution in [2.45, 2.75) is 0 Å². The fraction of sp³-hybridized carbons (Fsp3) is 0.250. The van der Waals surface area contributed by atoms with Crippen LogP contribution in [0.15, 0.2) is 29.7 Å². The smallest absolute Gasteiger partial charge is 0.143 e. The number of hydrogen-bond acceptors (Lipinski definition) is 4. The van der Waals surface area contributed by atoms with E-state index >= 15 is 0 Å². The predicted molar refractivity (Wildman–Crippen MR) is 55.7 cm³/mol. The molecule has 1 rings (SSSR count). The van der Waals surface area contributed by atoms with Gasteiger partial charge in [-0.25, -0.2) is 0 Å². The molecule has 1 aromatic heterocycles. The van der Waals surface area contributed by atoms with Gasteiger partial charge in [-0.15, -0.1) is 23.4 Å². The van der Waals surface area contributed by atoms with Crippen LogP contribution in [0.1, 0.15) is 5.56 Å². The van der Waals surface area contributed by atoms with Crippen LogP contribution in [0.25, 0.3) is 0 Å². The number of halogens is 1. The molecule has 0 radical (unpaired) electrons. The van der Waals surface area contributed by atoms with Crippen molar-refractivity contribution in [1.29, 1.82) is 0 Å². The SMILES string of the molecule is O/N=C(\SCCCl)c1ccncc1. The maximum absolute atomic E-state index is 8.71. The molecule has 5 heteroatoms. The van der Waals surface area contributed by atoms with E-state index in [2.05, 4.69) is 10.1 Å². The Labute approximate surface area is 85.8 Å². The molecule has 13 heavy (non-hydrogen) atoms. The molecule has 1 aromatic rings. The largest absolute Gasteiger partial charge is 0.410 e. The third-order valence-corrected chi connectivity index (χ3v) is 2.75. The Balaban J connectivity index is 2.69. The lowest BCUT2D eigenvalue weighted by atomic mass is 10.3. The van der Waals surface area contributed by atoms with Gasteiger partial charge in [-0.3, -0.25) is 4.98 Å². The van der Waals surface area contributed by atoms with Crippen LogP contribution in [0, 0.1) is 0 Å². The second-order valence-electron chi connectivity index (χ2n) is 2.18. The number of rotatable bonds is 3. The number of thioether (sulfide) groups is 1. The van der Waals surface area contributed by atoms with Gasteiger partial charge in [0.2, 0.25) is 0 Å². The average Bonchev–Trinajstić information content (AvgIpc) is 2.21. The summed E-state index contributed by atoms with van der Waals surface area (Å²) < 4.78 is 0. The van der Waals surface area contributed by atoms with Crippen molar-refractivity contribution in [1.82, 2.24) is 4.98 Å². The van der Waals surface area contributed by atoms with E-state index < -0.39 is 0 Å². The van der Waals surface area contributed by atoms with Crippen LogP contribution in [0.2, 0.25) is 0 Å². The maximum atomic E-state index is 8.71. The van der Waals surface area contributed by atoms with Gasteiger partial charge < -0.3 is 5.21 Å². The highest BCUT2D eigenvalue weighted by molar-refractivity contribution is 8.14. The summed E-state index contributed by atoms with van der Waals surface area (Å²) in [5.41, 5.74) is 0.854. The average molecular weight is 217 g/mol. The number of hydrogen-bond donors (Lipinski definition) is 1. The van der Waals surface area contributed by atoms with Crippen molar-refractivity contribution in [3.8, 4) is 0 Å². The minimum absolute atomic E-state index is 0.536. The third-order valence-electron chi connectivity index (χ3n) is 1.33. The van der Waals surface area contributed by atoms with Crippen molar-refractivity contribution < 1.29 is 5.21 Å². The van der Waals surface area contributed by atoms with Crippen LogP contribution in [-0.2, 0) is 0 Å². The topological polar surface area (TPSA) is 45.5 Å². The Hall–Kier alpha value is -0.740. The van der Waals surface area contributed by atoms with Gasteiger partial charge in [-0.2, -0.15) is 0 Å². The summed E-state index contributed by atoms with van der Waals surface area (Å²) in [5, 5.41) is 12.5. The van der Waals surface area contributed by atoms with Crippen molar-refractivity contribution >= 4 is 28.4 Å². The molecular weight excluding hydrogens is 208 g/mol. The summed E-state index contributed by atoms with van der Waals surface area (Å²) in [7, 11) is 0. The lowest BCUT2D eigenvalue weighted by molar-refractivity contribution is 0.321. The molecule has 0 unspecified atom stereocenters. The summed E-state index contributed by atoms with van der Waals surface area (Å²) >= 11 is 6.94. The van der Waals surface area contributed by atoms with Gasteiger partial charge >= 0.3 is 0 Å². The summed E-state index contributed by atoms with van der Waals surface area (Å²) in [5.74, 6) is 1.26. The lowest BCUT2D eigenvalue weighted by Gasteiger charge is -2.01. The zero-order valence-electron chi connectivity index (χ0n) is 6.85. The van der Waals surface area contributed by atoms with Gasteiger partial charge in [0.1, 0.15) is 5.04 Å². The van der Waals surface area contributed by atoms with E-state index in [0.717, 1.165) is 11.3 Å². The first kappa shape index (κ1) is 10.3. The minimum Gasteiger partial charge on any atom is -0.410 e. The van der Waals surface area contributed by atoms with E-state index in [9.17, 15) is 0 Å². The van der Waals surface area contributed by atoms with Crippen molar-refractivity contribution in [2.24, 2.45) is 5.16 Å². The molecule has 70 valence electrons. The zero-order chi connectivity index (χ0) is 9.52. The van der Waals surface area contributed by atoms with E-state index in [1.54, 1.807) is 24.5 Å². The molecule has 0 atom stereocenters. The van der Waals surface area contributed by atoms with Crippen molar-refractivity contribution in [3.63, 3.8) is 0 Å². The molecular formula is C8H9ClN2OS. The first-order valence-corrected chi connectivity index (χ1v) is 5.21. The van der Waals surface area contributed by atoms with Crippen LogP contribution >= 0.6 is 23.4 Å². The summed E-state index contributed by atoms with van der Waals surface area (Å²) in [6, 6.07) is 3.58. The number of aromatic nitrogens is 1. The van der Waals surface area contributed by atoms with Crippen LogP contribution in [-0.4, -0.2) is 26.9 Å². The molecule has 0 aliphatic heterocycles. The molecule has 0 amide bonds. The Morgan fingerprint density at radius 1 is 1.54 bits per heavy atom. The zero-order valence-corrected chi connectivity index (χ0v) is 8.42. The number of nitrogens with zero attached hydrogens (tertiary/aromatic N) is 2. The van der Waals surface area contributed by atoms with Gasteiger partial charge in [0.25, 0.3) is 0 Å². The molecule has 0 saturated carbocycles. The maximum Gasteiger partial charge on any atom is 0.143 e. The van der Waals surface area contributed by atoms with Gasteiger partial charge in [-0.1, -0.05) is 5.16 Å². The van der Waals surface area contributed by atoms with Crippen molar-refractivity contribution in [2.75, 3.05) is 11.6 Å². The Morgan fingerprint density at radius 3 is 2.77 bits per heavy atom. The molecule has 0 spiro atoms. The Kier molecular flexibility index (Phi) is 4.64. The lowest BCUT2D eigenvalue weighted by Crippen LogP contribution is -1.97. The third kappa shape index (κ3) is 3.24. The molecule has 1 heterocycles. The molecule has 0 bridgehead atoms. The fourth-order valence-electron chi connectivity index (χ4n) is 0.800. The highest BCUT2D eigenvalue weighted by Crippen LogP contribution is 2.12. The van der Waals surface area contributed by atoms with Crippen LogP contribution in [0.5, 0.6) is 0 Å². The first-order valence-electron chi connectivity index (χ1n) is 3.69. The minimum atomic E-state index is 0.536. The highest BCUT2D eigenvalue weighted by atomic mass is 35.5. The highest BCUT2D eigenvalue weighted by Gasteiger charge is 2.03. The second-order valence-corrected chi connectivity index (χ2v) is 3.64. The Bertz CT molecular complexity index is 279. The van der Waals surface area contributed by atoms with Crippen LogP contribution in [0.3, 0.4) is 0 Å². The van der Waals surface area contributed by atoms with E-state index in [4.69, 9.17) is 16.8 Å². The summed E-state index contributed by atoms with van der Waals surface area (Å²) in [6.07, 6.45) is 3.31. The first-order chi connectivity index (χ1) is 6.38. The molecule has 0 aliphatic rings. The van der Waals surface area contributed by atoms with E-state index in [1.165, 1.54) is 11.8 Å². The predicted octanol–water partition coefficient (Wildman–Crippen LogP) is 2.19. The van der Waals surface area contributed by atoms with Crippen molar-refractivity contribution in [3.05, 3.63) is 30.1 Å². The van der Waals surface area contributed by atoms with E-state index in [0.29, 0.717) is 10.9 Å². The van der Waals surface area contributed by atoms with Gasteiger partial charge in [-0.05, 0) is 12.1 Å². The number of pyridine rings is 1. The molecule has 0 fully saturated rings. The van der Waals surface area contributed by atoms with E-state index in [1.807, 2.05) is 0 Å². The molecule has 0 aromatic carbocycles. The number of oxime groups is 1. The fourth-order valence-corrected chi connectivity index (χ4v) is 1.66. The Morgan fingerprint density at radius 2 is 2.23 bits per heavy atom. The second kappa shape index (κ2) is 5.83. The summed E-state index contributed by atoms with van der Waals surface area (Å²) in [4.78, 5) is 3.87. The normalized spacial score (nSPS) is 11.6. The van der Waals surface area contributed by atoms with Crippen LogP contribution in [0.4, 0.5) is 0 Å². The number of alkyl halides is 1. The standard InChI is InChI=1S/C8H9ClN2OS/c9-3-6-13-8(11-12)7-1-4-10-5-2-7/h1-2,4-5,12H,3,6H2/b11-8-. The van der Waals surface area contributed by atoms with Crippen LogP contribution < -0.4 is 0 Å². The van der Waals surface area contributed by atoms with E-state index in [-0.39, 0.29) is 0 Å². The molecule has 0 aliphatic carbocycles. The van der Waals surface area contributed by atoms with Gasteiger partial charge in [0, 0.05) is 29.6 Å². The molecule has 3 nitrogen and oxygen atoms in total. The summed E-state index contributed by atoms with van der Waals surface area (Å²) in [6.45, 7) is 0. The monoisotopic (exact) mass is 216 g/mol. The molecule has 1 N–H and O–H groups in total. The van der Waals surface area contributed by atoms with Gasteiger partial charge in [0.05, 0.1) is 0 Å². The molecule has 0 saturated heterocycles. The van der Waals surface area contributed by atoms with Gasteiger partial charge in [0.15, 0.2) is 0 Å². The quantitative estimate of drug-likeness (QED) is 0.277.